The zero-order chi connectivity index (χ0) is 18.9. The summed E-state index contributed by atoms with van der Waals surface area (Å²) in [7, 11) is 1.85. The minimum absolute atomic E-state index is 0.0708. The van der Waals surface area contributed by atoms with E-state index < -0.39 is 0 Å². The normalized spacial score (nSPS) is 18.1. The number of anilines is 1. The van der Waals surface area contributed by atoms with Crippen LogP contribution in [0.1, 0.15) is 39.2 Å². The Morgan fingerprint density at radius 1 is 1.35 bits per heavy atom. The Labute approximate surface area is 162 Å². The van der Waals surface area contributed by atoms with Crippen molar-refractivity contribution in [1.29, 1.82) is 0 Å². The lowest BCUT2D eigenvalue weighted by Gasteiger charge is -2.36. The molecule has 1 aromatic rings. The van der Waals surface area contributed by atoms with Crippen molar-refractivity contribution in [2.45, 2.75) is 45.4 Å². The monoisotopic (exact) mass is 376 g/mol. The lowest BCUT2D eigenvalue weighted by atomic mass is 10.1. The fourth-order valence-corrected chi connectivity index (χ4v) is 4.24. The van der Waals surface area contributed by atoms with E-state index in [-0.39, 0.29) is 5.91 Å². The van der Waals surface area contributed by atoms with Gasteiger partial charge in [0.15, 0.2) is 5.96 Å². The number of nitrogens with one attached hydrogen (secondary N) is 2. The smallest absolute Gasteiger partial charge is 0.224 e. The molecule has 1 amide bonds. The van der Waals surface area contributed by atoms with Crippen molar-refractivity contribution in [1.82, 2.24) is 10.2 Å². The number of aliphatic imine (C=N–C) groups is 1. The quantitative estimate of drug-likeness (QED) is 0.589. The van der Waals surface area contributed by atoms with E-state index in [1.54, 1.807) is 0 Å². The van der Waals surface area contributed by atoms with Crippen LogP contribution in [0.4, 0.5) is 5.69 Å². The minimum atomic E-state index is 0.0708. The van der Waals surface area contributed by atoms with Gasteiger partial charge in [0.1, 0.15) is 0 Å². The van der Waals surface area contributed by atoms with Gasteiger partial charge in [-0.1, -0.05) is 32.9 Å². The number of nitrogens with zero attached hydrogens (tertiary/aromatic N) is 2. The van der Waals surface area contributed by atoms with E-state index in [0.717, 1.165) is 43.5 Å². The van der Waals surface area contributed by atoms with E-state index >= 15 is 0 Å². The first kappa shape index (κ1) is 20.6. The number of carbonyl (C=O) groups excluding carboxylic acids is 1. The van der Waals surface area contributed by atoms with Crippen LogP contribution in [0.2, 0.25) is 0 Å². The molecule has 0 aromatic heterocycles. The standard InChI is InChI=1S/C20H32N4OS/c1-5-6-19(25)23-17-9-7-16(8-10-17)13-22-20(21-4)24-11-12-26-18(14-24)15(2)3/h7-10,15,18H,5-6,11-14H2,1-4H3,(H,21,22)(H,23,25). The number of hydrogen-bond donors (Lipinski definition) is 2. The summed E-state index contributed by atoms with van der Waals surface area (Å²) in [5.41, 5.74) is 2.02. The van der Waals surface area contributed by atoms with Gasteiger partial charge in [0, 0.05) is 49.8 Å². The average molecular weight is 377 g/mol. The molecule has 1 aliphatic rings. The number of hydrogen-bond acceptors (Lipinski definition) is 3. The van der Waals surface area contributed by atoms with Crippen molar-refractivity contribution in [3.8, 4) is 0 Å². The van der Waals surface area contributed by atoms with Gasteiger partial charge < -0.3 is 15.5 Å². The number of rotatable bonds is 6. The molecule has 6 heteroatoms. The van der Waals surface area contributed by atoms with Crippen LogP contribution in [-0.4, -0.2) is 47.9 Å². The van der Waals surface area contributed by atoms with Gasteiger partial charge in [-0.05, 0) is 30.0 Å². The molecule has 0 radical (unpaired) electrons. The van der Waals surface area contributed by atoms with Gasteiger partial charge in [0.2, 0.25) is 5.91 Å². The molecule has 2 N–H and O–H groups in total. The molecule has 1 fully saturated rings. The van der Waals surface area contributed by atoms with Crippen LogP contribution in [-0.2, 0) is 11.3 Å². The lowest BCUT2D eigenvalue weighted by molar-refractivity contribution is -0.116. The number of thioether (sulfide) groups is 1. The first-order valence-corrected chi connectivity index (χ1v) is 10.5. The molecule has 1 heterocycles. The third kappa shape index (κ3) is 6.24. The second-order valence-electron chi connectivity index (χ2n) is 7.00. The summed E-state index contributed by atoms with van der Waals surface area (Å²) in [5.74, 6) is 2.87. The Morgan fingerprint density at radius 3 is 2.69 bits per heavy atom. The summed E-state index contributed by atoms with van der Waals surface area (Å²) < 4.78 is 0. The van der Waals surface area contributed by atoms with Crippen molar-refractivity contribution < 1.29 is 4.79 Å². The molecule has 1 unspecified atom stereocenters. The van der Waals surface area contributed by atoms with E-state index in [2.05, 4.69) is 46.1 Å². The van der Waals surface area contributed by atoms with Crippen molar-refractivity contribution in [2.24, 2.45) is 10.9 Å². The molecule has 0 aliphatic carbocycles. The summed E-state index contributed by atoms with van der Waals surface area (Å²) in [6.45, 7) is 9.40. The van der Waals surface area contributed by atoms with E-state index in [1.807, 2.05) is 38.2 Å². The SMILES string of the molecule is CCCC(=O)Nc1ccc(CNC(=NC)N2CCSC(C(C)C)C2)cc1. The Kier molecular flexibility index (Phi) is 8.29. The van der Waals surface area contributed by atoms with Crippen LogP contribution < -0.4 is 10.6 Å². The Bertz CT molecular complexity index is 600. The molecule has 0 spiro atoms. The molecule has 5 nitrogen and oxygen atoms in total. The van der Waals surface area contributed by atoms with E-state index in [9.17, 15) is 4.79 Å². The predicted molar refractivity (Wildman–Crippen MR) is 113 cm³/mol. The number of benzene rings is 1. The minimum Gasteiger partial charge on any atom is -0.352 e. The van der Waals surface area contributed by atoms with E-state index in [4.69, 9.17) is 0 Å². The van der Waals surface area contributed by atoms with E-state index in [0.29, 0.717) is 17.6 Å². The van der Waals surface area contributed by atoms with Crippen LogP contribution in [0.3, 0.4) is 0 Å². The molecule has 26 heavy (non-hydrogen) atoms. The molecule has 144 valence electrons. The number of carbonyl (C=O) groups is 1. The summed E-state index contributed by atoms with van der Waals surface area (Å²) in [5, 5.41) is 7.05. The highest BCUT2D eigenvalue weighted by Gasteiger charge is 2.24. The molecule has 0 saturated carbocycles. The number of amides is 1. The van der Waals surface area contributed by atoms with Crippen LogP contribution in [0.25, 0.3) is 0 Å². The third-order valence-corrected chi connectivity index (χ3v) is 6.05. The van der Waals surface area contributed by atoms with Gasteiger partial charge >= 0.3 is 0 Å². The van der Waals surface area contributed by atoms with E-state index in [1.165, 1.54) is 5.56 Å². The first-order valence-electron chi connectivity index (χ1n) is 9.49. The van der Waals surface area contributed by atoms with Gasteiger partial charge in [-0.2, -0.15) is 11.8 Å². The summed E-state index contributed by atoms with van der Waals surface area (Å²) >= 11 is 2.07. The van der Waals surface area contributed by atoms with Gasteiger partial charge in [-0.25, -0.2) is 0 Å². The highest BCUT2D eigenvalue weighted by atomic mass is 32.2. The van der Waals surface area contributed by atoms with Gasteiger partial charge in [0.25, 0.3) is 0 Å². The molecule has 1 atom stereocenters. The highest BCUT2D eigenvalue weighted by Crippen LogP contribution is 2.24. The molecule has 2 rings (SSSR count). The van der Waals surface area contributed by atoms with Crippen LogP contribution in [0, 0.1) is 5.92 Å². The van der Waals surface area contributed by atoms with Crippen molar-refractivity contribution in [3.05, 3.63) is 29.8 Å². The zero-order valence-electron chi connectivity index (χ0n) is 16.4. The summed E-state index contributed by atoms with van der Waals surface area (Å²) in [4.78, 5) is 18.5. The summed E-state index contributed by atoms with van der Waals surface area (Å²) in [6.07, 6.45) is 1.42. The maximum absolute atomic E-state index is 11.7. The maximum atomic E-state index is 11.7. The Balaban J connectivity index is 1.87. The Hall–Kier alpha value is -1.69. The topological polar surface area (TPSA) is 56.7 Å². The maximum Gasteiger partial charge on any atom is 0.224 e. The molecular formula is C20H32N4OS. The zero-order valence-corrected chi connectivity index (χ0v) is 17.2. The van der Waals surface area contributed by atoms with Gasteiger partial charge in [-0.3, -0.25) is 9.79 Å². The first-order chi connectivity index (χ1) is 12.5. The fraction of sp³-hybridized carbons (Fsp3) is 0.600. The van der Waals surface area contributed by atoms with Crippen molar-refractivity contribution >= 4 is 29.3 Å². The third-order valence-electron chi connectivity index (χ3n) is 4.51. The van der Waals surface area contributed by atoms with Crippen molar-refractivity contribution in [3.63, 3.8) is 0 Å². The highest BCUT2D eigenvalue weighted by molar-refractivity contribution is 8.00. The van der Waals surface area contributed by atoms with Crippen molar-refractivity contribution in [2.75, 3.05) is 31.2 Å². The predicted octanol–water partition coefficient (Wildman–Crippen LogP) is 3.57. The lowest BCUT2D eigenvalue weighted by Crippen LogP contribution is -2.48. The Morgan fingerprint density at radius 2 is 2.08 bits per heavy atom. The molecule has 1 aliphatic heterocycles. The van der Waals surface area contributed by atoms with Gasteiger partial charge in [0.05, 0.1) is 0 Å². The van der Waals surface area contributed by atoms with Crippen LogP contribution >= 0.6 is 11.8 Å². The average Bonchev–Trinajstić information content (AvgIpc) is 2.64. The molecule has 0 bridgehead atoms. The summed E-state index contributed by atoms with van der Waals surface area (Å²) in [6, 6.07) is 8.01. The second-order valence-corrected chi connectivity index (χ2v) is 8.34. The van der Waals surface area contributed by atoms with Crippen LogP contribution in [0.15, 0.2) is 29.3 Å². The van der Waals surface area contributed by atoms with Crippen LogP contribution in [0.5, 0.6) is 0 Å². The number of guanidine groups is 1. The second kappa shape index (κ2) is 10.5. The largest absolute Gasteiger partial charge is 0.352 e. The molecule has 1 aromatic carbocycles. The fourth-order valence-electron chi connectivity index (χ4n) is 2.94. The molecular weight excluding hydrogens is 344 g/mol. The molecule has 1 saturated heterocycles. The van der Waals surface area contributed by atoms with Gasteiger partial charge in [-0.15, -0.1) is 0 Å².